The molecule has 0 radical (unpaired) electrons. The zero-order chi connectivity index (χ0) is 20.5. The number of benzene rings is 1. The summed E-state index contributed by atoms with van der Waals surface area (Å²) in [4.78, 5) is 27.1. The number of hydrogen-bond acceptors (Lipinski definition) is 5. The zero-order valence-corrected chi connectivity index (χ0v) is 16.5. The fourth-order valence-corrected chi connectivity index (χ4v) is 3.20. The van der Waals surface area contributed by atoms with E-state index < -0.39 is 6.09 Å². The highest BCUT2D eigenvalue weighted by Gasteiger charge is 2.28. The zero-order valence-electron chi connectivity index (χ0n) is 16.5. The van der Waals surface area contributed by atoms with E-state index in [2.05, 4.69) is 0 Å². The highest BCUT2D eigenvalue weighted by Crippen LogP contribution is 2.25. The summed E-state index contributed by atoms with van der Waals surface area (Å²) in [7, 11) is 3.36. The molecule has 0 aromatic heterocycles. The number of ether oxygens (including phenoxy) is 2. The van der Waals surface area contributed by atoms with Gasteiger partial charge in [-0.05, 0) is 49.9 Å². The number of carbonyl (C=O) groups excluding carboxylic acids is 2. The molecular weight excluding hydrogens is 367 g/mol. The standard InChI is InChI=1S/C20H29FN2O5/c1-22(12-13-24)19(25)11-14-27-17-9-5-16(6-10-17)23(2)20(26)28-18-7-3-15(21)4-8-18/h3-4,7-8,16-17,24H,5-6,9-14H2,1-2H3/t16-,17-. The van der Waals surface area contributed by atoms with Gasteiger partial charge in [0.05, 0.1) is 25.7 Å². The van der Waals surface area contributed by atoms with Crippen LogP contribution in [0.2, 0.25) is 0 Å². The minimum absolute atomic E-state index is 0.0500. The summed E-state index contributed by atoms with van der Waals surface area (Å²) >= 11 is 0. The quantitative estimate of drug-likeness (QED) is 0.730. The van der Waals surface area contributed by atoms with Gasteiger partial charge in [-0.15, -0.1) is 0 Å². The maximum atomic E-state index is 12.9. The van der Waals surface area contributed by atoms with E-state index in [1.807, 2.05) is 0 Å². The normalized spacial score (nSPS) is 19.1. The summed E-state index contributed by atoms with van der Waals surface area (Å²) in [5.41, 5.74) is 0. The molecule has 2 rings (SSSR count). The minimum atomic E-state index is -0.464. The molecule has 1 aromatic rings. The van der Waals surface area contributed by atoms with Crippen molar-refractivity contribution in [2.24, 2.45) is 0 Å². The molecule has 2 amide bonds. The largest absolute Gasteiger partial charge is 0.415 e. The number of likely N-dealkylation sites (N-methyl/N-ethyl adjacent to an activating group) is 1. The van der Waals surface area contributed by atoms with E-state index >= 15 is 0 Å². The first kappa shape index (κ1) is 22.1. The first-order valence-electron chi connectivity index (χ1n) is 9.57. The molecule has 1 N–H and O–H groups in total. The van der Waals surface area contributed by atoms with Crippen LogP contribution in [0.15, 0.2) is 24.3 Å². The van der Waals surface area contributed by atoms with E-state index in [9.17, 15) is 14.0 Å². The average molecular weight is 396 g/mol. The van der Waals surface area contributed by atoms with Crippen LogP contribution in [0, 0.1) is 5.82 Å². The van der Waals surface area contributed by atoms with Crippen molar-refractivity contribution in [1.82, 2.24) is 9.80 Å². The van der Waals surface area contributed by atoms with Gasteiger partial charge in [-0.3, -0.25) is 4.79 Å². The van der Waals surface area contributed by atoms with Crippen LogP contribution >= 0.6 is 0 Å². The molecular formula is C20H29FN2O5. The van der Waals surface area contributed by atoms with Crippen LogP contribution in [-0.4, -0.2) is 72.9 Å². The summed E-state index contributed by atoms with van der Waals surface area (Å²) in [6, 6.07) is 5.40. The highest BCUT2D eigenvalue weighted by atomic mass is 19.1. The predicted molar refractivity (Wildman–Crippen MR) is 102 cm³/mol. The Morgan fingerprint density at radius 2 is 1.79 bits per heavy atom. The molecule has 1 fully saturated rings. The Morgan fingerprint density at radius 1 is 1.14 bits per heavy atom. The molecule has 28 heavy (non-hydrogen) atoms. The van der Waals surface area contributed by atoms with Gasteiger partial charge in [-0.25, -0.2) is 9.18 Å². The lowest BCUT2D eigenvalue weighted by atomic mass is 9.92. The third-order valence-corrected chi connectivity index (χ3v) is 5.03. The molecule has 1 saturated carbocycles. The van der Waals surface area contributed by atoms with Gasteiger partial charge < -0.3 is 24.4 Å². The van der Waals surface area contributed by atoms with Gasteiger partial charge in [0.1, 0.15) is 11.6 Å². The van der Waals surface area contributed by atoms with E-state index in [4.69, 9.17) is 14.6 Å². The van der Waals surface area contributed by atoms with Crippen LogP contribution < -0.4 is 4.74 Å². The lowest BCUT2D eigenvalue weighted by Gasteiger charge is -2.34. The van der Waals surface area contributed by atoms with Gasteiger partial charge in [0.25, 0.3) is 0 Å². The van der Waals surface area contributed by atoms with Crippen LogP contribution in [-0.2, 0) is 9.53 Å². The molecule has 0 unspecified atom stereocenters. The summed E-state index contributed by atoms with van der Waals surface area (Å²) in [5.74, 6) is -0.120. The number of halogens is 1. The van der Waals surface area contributed by atoms with Crippen LogP contribution in [0.4, 0.5) is 9.18 Å². The fourth-order valence-electron chi connectivity index (χ4n) is 3.20. The molecule has 156 valence electrons. The molecule has 7 nitrogen and oxygen atoms in total. The SMILES string of the molecule is CN(CCO)C(=O)CCO[C@H]1CC[C@H](N(C)C(=O)Oc2ccc(F)cc2)CC1. The Balaban J connectivity index is 1.68. The maximum absolute atomic E-state index is 12.9. The summed E-state index contributed by atoms with van der Waals surface area (Å²) < 4.78 is 24.0. The summed E-state index contributed by atoms with van der Waals surface area (Å²) in [6.07, 6.45) is 3.09. The molecule has 1 aliphatic carbocycles. The topological polar surface area (TPSA) is 79.3 Å². The van der Waals surface area contributed by atoms with Gasteiger partial charge in [0.15, 0.2) is 0 Å². The average Bonchev–Trinajstić information content (AvgIpc) is 2.69. The Morgan fingerprint density at radius 3 is 2.39 bits per heavy atom. The lowest BCUT2D eigenvalue weighted by Crippen LogP contribution is -2.42. The first-order chi connectivity index (χ1) is 13.4. The van der Waals surface area contributed by atoms with Gasteiger partial charge in [-0.1, -0.05) is 0 Å². The molecule has 0 saturated heterocycles. The molecule has 0 aliphatic heterocycles. The summed E-state index contributed by atoms with van der Waals surface area (Å²) in [6.45, 7) is 0.626. The van der Waals surface area contributed by atoms with Crippen LogP contribution in [0.3, 0.4) is 0 Å². The number of aliphatic hydroxyl groups excluding tert-OH is 1. The summed E-state index contributed by atoms with van der Waals surface area (Å²) in [5, 5.41) is 8.84. The number of rotatable bonds is 8. The Bertz CT molecular complexity index is 632. The van der Waals surface area contributed by atoms with Gasteiger partial charge in [-0.2, -0.15) is 0 Å². The smallest absolute Gasteiger partial charge is 0.410 e. The van der Waals surface area contributed by atoms with Crippen molar-refractivity contribution in [1.29, 1.82) is 0 Å². The minimum Gasteiger partial charge on any atom is -0.410 e. The van der Waals surface area contributed by atoms with E-state index in [0.717, 1.165) is 25.7 Å². The van der Waals surface area contributed by atoms with Gasteiger partial charge in [0, 0.05) is 26.7 Å². The van der Waals surface area contributed by atoms with E-state index in [-0.39, 0.29) is 30.5 Å². The first-order valence-corrected chi connectivity index (χ1v) is 9.57. The van der Waals surface area contributed by atoms with Crippen molar-refractivity contribution in [2.45, 2.75) is 44.2 Å². The van der Waals surface area contributed by atoms with Gasteiger partial charge >= 0.3 is 6.09 Å². The predicted octanol–water partition coefficient (Wildman–Crippen LogP) is 2.42. The van der Waals surface area contributed by atoms with Gasteiger partial charge in [0.2, 0.25) is 5.91 Å². The molecule has 0 atom stereocenters. The molecule has 1 aromatic carbocycles. The van der Waals surface area contributed by atoms with Crippen molar-refractivity contribution in [3.05, 3.63) is 30.1 Å². The number of amides is 2. The molecule has 0 spiro atoms. The number of nitrogens with zero attached hydrogens (tertiary/aromatic N) is 2. The Labute approximate surface area is 165 Å². The van der Waals surface area contributed by atoms with E-state index in [0.29, 0.717) is 25.3 Å². The van der Waals surface area contributed by atoms with Crippen molar-refractivity contribution in [2.75, 3.05) is 33.9 Å². The monoisotopic (exact) mass is 396 g/mol. The lowest BCUT2D eigenvalue weighted by molar-refractivity contribution is -0.132. The number of aliphatic hydroxyl groups is 1. The van der Waals surface area contributed by atoms with E-state index in [1.165, 1.54) is 29.2 Å². The van der Waals surface area contributed by atoms with E-state index in [1.54, 1.807) is 19.0 Å². The van der Waals surface area contributed by atoms with Crippen molar-refractivity contribution in [3.63, 3.8) is 0 Å². The second-order valence-electron chi connectivity index (χ2n) is 7.02. The van der Waals surface area contributed by atoms with Crippen LogP contribution in [0.1, 0.15) is 32.1 Å². The maximum Gasteiger partial charge on any atom is 0.415 e. The Kier molecular flexibility index (Phi) is 8.66. The van der Waals surface area contributed by atoms with Crippen molar-refractivity contribution < 1.29 is 28.6 Å². The molecule has 0 bridgehead atoms. The van der Waals surface area contributed by atoms with Crippen molar-refractivity contribution >= 4 is 12.0 Å². The van der Waals surface area contributed by atoms with Crippen LogP contribution in [0.5, 0.6) is 5.75 Å². The molecule has 8 heteroatoms. The highest BCUT2D eigenvalue weighted by molar-refractivity contribution is 5.75. The third-order valence-electron chi connectivity index (χ3n) is 5.03. The Hall–Kier alpha value is -2.19. The second kappa shape index (κ2) is 11.0. The second-order valence-corrected chi connectivity index (χ2v) is 7.02. The number of carbonyl (C=O) groups is 2. The molecule has 1 aliphatic rings. The van der Waals surface area contributed by atoms with Crippen molar-refractivity contribution in [3.8, 4) is 5.75 Å². The van der Waals surface area contributed by atoms with Crippen LogP contribution in [0.25, 0.3) is 0 Å². The molecule has 0 heterocycles. The third kappa shape index (κ3) is 6.76. The fraction of sp³-hybridized carbons (Fsp3) is 0.600. The number of hydrogen-bond donors (Lipinski definition) is 1.